The highest BCUT2D eigenvalue weighted by Crippen LogP contribution is 2.22. The first-order valence-electron chi connectivity index (χ1n) is 6.19. The van der Waals surface area contributed by atoms with E-state index in [0.29, 0.717) is 5.69 Å². The van der Waals surface area contributed by atoms with E-state index in [1.165, 1.54) is 12.8 Å². The van der Waals surface area contributed by atoms with Gasteiger partial charge in [-0.1, -0.05) is 13.3 Å². The molecule has 4 nitrogen and oxygen atoms in total. The zero-order chi connectivity index (χ0) is 14.8. The maximum absolute atomic E-state index is 8.94. The first kappa shape index (κ1) is 15.6. The lowest BCUT2D eigenvalue weighted by molar-refractivity contribution is 0.896. The number of benzene rings is 1. The minimum absolute atomic E-state index is 0.0265. The molecular formula is C15H14N4S. The molecule has 100 valence electrons. The van der Waals surface area contributed by atoms with E-state index in [0.717, 1.165) is 10.6 Å². The van der Waals surface area contributed by atoms with Crippen LogP contribution in [-0.4, -0.2) is 5.75 Å². The average molecular weight is 282 g/mol. The van der Waals surface area contributed by atoms with Crippen molar-refractivity contribution in [3.8, 4) is 18.2 Å². The number of thioether (sulfide) groups is 1. The van der Waals surface area contributed by atoms with Crippen LogP contribution in [0.1, 0.15) is 19.8 Å². The molecule has 0 aliphatic heterocycles. The number of allylic oxidation sites excluding steroid dienone is 2. The number of nitrogens with one attached hydrogen (secondary N) is 1. The highest BCUT2D eigenvalue weighted by atomic mass is 32.2. The van der Waals surface area contributed by atoms with Gasteiger partial charge in [0.05, 0.1) is 0 Å². The summed E-state index contributed by atoms with van der Waals surface area (Å²) in [7, 11) is 0. The van der Waals surface area contributed by atoms with Crippen LogP contribution >= 0.6 is 11.8 Å². The summed E-state index contributed by atoms with van der Waals surface area (Å²) in [5.41, 5.74) is 0.444. The Kier molecular flexibility index (Phi) is 6.76. The summed E-state index contributed by atoms with van der Waals surface area (Å²) in [5, 5.41) is 29.2. The Balaban J connectivity index is 2.76. The molecule has 0 aliphatic carbocycles. The topological polar surface area (TPSA) is 83.4 Å². The fourth-order valence-electron chi connectivity index (χ4n) is 1.40. The Morgan fingerprint density at radius 1 is 1.10 bits per heavy atom. The number of hydrogen-bond acceptors (Lipinski definition) is 5. The monoisotopic (exact) mass is 282 g/mol. The van der Waals surface area contributed by atoms with Crippen molar-refractivity contribution in [1.29, 1.82) is 15.8 Å². The van der Waals surface area contributed by atoms with Crippen LogP contribution in [0.15, 0.2) is 40.4 Å². The van der Waals surface area contributed by atoms with E-state index >= 15 is 0 Å². The second-order valence-electron chi connectivity index (χ2n) is 3.94. The van der Waals surface area contributed by atoms with Gasteiger partial charge in [0.1, 0.15) is 23.9 Å². The van der Waals surface area contributed by atoms with E-state index in [-0.39, 0.29) is 11.3 Å². The van der Waals surface area contributed by atoms with Gasteiger partial charge in [0.25, 0.3) is 0 Å². The minimum Gasteiger partial charge on any atom is -0.345 e. The van der Waals surface area contributed by atoms with Gasteiger partial charge in [0.2, 0.25) is 0 Å². The standard InChI is InChI=1S/C15H14N4S/c1-2-3-8-20-14-6-4-13(5-7-14)19-15(11-18)12(9-16)10-17/h4-7,19H,2-3,8H2,1H3. The van der Waals surface area contributed by atoms with Crippen LogP contribution in [0.3, 0.4) is 0 Å². The second-order valence-corrected chi connectivity index (χ2v) is 5.11. The molecule has 0 saturated heterocycles. The number of unbranched alkanes of at least 4 members (excludes halogenated alkanes) is 1. The number of rotatable bonds is 6. The second kappa shape index (κ2) is 8.64. The molecule has 0 spiro atoms. The molecule has 0 heterocycles. The number of nitrogens with zero attached hydrogens (tertiary/aromatic N) is 3. The van der Waals surface area contributed by atoms with Crippen molar-refractivity contribution in [2.45, 2.75) is 24.7 Å². The maximum Gasteiger partial charge on any atom is 0.163 e. The predicted octanol–water partition coefficient (Wildman–Crippen LogP) is 3.82. The van der Waals surface area contributed by atoms with E-state index in [2.05, 4.69) is 12.2 Å². The van der Waals surface area contributed by atoms with Gasteiger partial charge in [-0.2, -0.15) is 15.8 Å². The van der Waals surface area contributed by atoms with E-state index in [9.17, 15) is 0 Å². The Labute approximate surface area is 123 Å². The molecule has 0 radical (unpaired) electrons. The maximum atomic E-state index is 8.94. The molecule has 0 fully saturated rings. The predicted molar refractivity (Wildman–Crippen MR) is 79.6 cm³/mol. The van der Waals surface area contributed by atoms with Gasteiger partial charge < -0.3 is 5.32 Å². The summed E-state index contributed by atoms with van der Waals surface area (Å²) < 4.78 is 0. The van der Waals surface area contributed by atoms with Crippen molar-refractivity contribution in [2.75, 3.05) is 11.1 Å². The van der Waals surface area contributed by atoms with Gasteiger partial charge in [0, 0.05) is 10.6 Å². The number of nitriles is 3. The summed E-state index contributed by atoms with van der Waals surface area (Å²) in [6.45, 7) is 2.16. The Hall–Kier alpha value is -2.42. The molecule has 0 atom stereocenters. The lowest BCUT2D eigenvalue weighted by atomic mass is 10.2. The number of anilines is 1. The van der Waals surface area contributed by atoms with Gasteiger partial charge in [-0.3, -0.25) is 0 Å². The molecule has 1 N–H and O–H groups in total. The largest absolute Gasteiger partial charge is 0.345 e. The lowest BCUT2D eigenvalue weighted by Gasteiger charge is -2.06. The summed E-state index contributed by atoms with van der Waals surface area (Å²) in [5.74, 6) is 1.08. The van der Waals surface area contributed by atoms with Crippen molar-refractivity contribution in [2.24, 2.45) is 0 Å². The van der Waals surface area contributed by atoms with E-state index < -0.39 is 0 Å². The molecular weight excluding hydrogens is 268 g/mol. The summed E-state index contributed by atoms with van der Waals surface area (Å²) >= 11 is 1.78. The molecule has 1 rings (SSSR count). The van der Waals surface area contributed by atoms with Crippen molar-refractivity contribution < 1.29 is 0 Å². The lowest BCUT2D eigenvalue weighted by Crippen LogP contribution is -2.00. The third kappa shape index (κ3) is 4.69. The zero-order valence-electron chi connectivity index (χ0n) is 11.2. The molecule has 20 heavy (non-hydrogen) atoms. The Morgan fingerprint density at radius 2 is 1.75 bits per heavy atom. The van der Waals surface area contributed by atoms with E-state index in [4.69, 9.17) is 15.8 Å². The van der Waals surface area contributed by atoms with Gasteiger partial charge in [-0.15, -0.1) is 11.8 Å². The quantitative estimate of drug-likeness (QED) is 0.487. The fraction of sp³-hybridized carbons (Fsp3) is 0.267. The van der Waals surface area contributed by atoms with Gasteiger partial charge >= 0.3 is 0 Å². The summed E-state index contributed by atoms with van der Waals surface area (Å²) in [6, 6.07) is 12.8. The summed E-state index contributed by atoms with van der Waals surface area (Å²) in [6.07, 6.45) is 2.35. The van der Waals surface area contributed by atoms with Crippen LogP contribution in [0.25, 0.3) is 0 Å². The van der Waals surface area contributed by atoms with Crippen molar-refractivity contribution in [3.05, 3.63) is 35.5 Å². The molecule has 0 amide bonds. The summed E-state index contributed by atoms with van der Waals surface area (Å²) in [4.78, 5) is 1.16. The van der Waals surface area contributed by atoms with Crippen LogP contribution < -0.4 is 5.32 Å². The smallest absolute Gasteiger partial charge is 0.163 e. The number of hydrogen-bond donors (Lipinski definition) is 1. The van der Waals surface area contributed by atoms with E-state index in [1.54, 1.807) is 23.9 Å². The van der Waals surface area contributed by atoms with Crippen LogP contribution in [-0.2, 0) is 0 Å². The van der Waals surface area contributed by atoms with Crippen molar-refractivity contribution >= 4 is 17.4 Å². The van der Waals surface area contributed by atoms with Crippen LogP contribution in [0, 0.1) is 34.0 Å². The average Bonchev–Trinajstić information content (AvgIpc) is 2.49. The van der Waals surface area contributed by atoms with Gasteiger partial charge in [-0.25, -0.2) is 0 Å². The van der Waals surface area contributed by atoms with Crippen LogP contribution in [0.4, 0.5) is 5.69 Å². The third-order valence-electron chi connectivity index (χ3n) is 2.48. The minimum atomic E-state index is -0.214. The molecule has 5 heteroatoms. The Bertz CT molecular complexity index is 581. The SMILES string of the molecule is CCCCSc1ccc(NC(C#N)=C(C#N)C#N)cc1. The molecule has 0 aliphatic rings. The van der Waals surface area contributed by atoms with Crippen LogP contribution in [0.2, 0.25) is 0 Å². The third-order valence-corrected chi connectivity index (χ3v) is 3.57. The normalized spacial score (nSPS) is 8.90. The first-order valence-corrected chi connectivity index (χ1v) is 7.18. The fourth-order valence-corrected chi connectivity index (χ4v) is 2.39. The van der Waals surface area contributed by atoms with Crippen molar-refractivity contribution in [3.63, 3.8) is 0 Å². The molecule has 1 aromatic rings. The molecule has 0 aromatic heterocycles. The molecule has 0 unspecified atom stereocenters. The first-order chi connectivity index (χ1) is 9.74. The van der Waals surface area contributed by atoms with Crippen molar-refractivity contribution in [1.82, 2.24) is 0 Å². The molecule has 0 bridgehead atoms. The molecule has 0 saturated carbocycles. The van der Waals surface area contributed by atoms with Crippen LogP contribution in [0.5, 0.6) is 0 Å². The van der Waals surface area contributed by atoms with Gasteiger partial charge in [0.15, 0.2) is 5.57 Å². The Morgan fingerprint density at radius 3 is 2.25 bits per heavy atom. The molecule has 1 aromatic carbocycles. The highest BCUT2D eigenvalue weighted by molar-refractivity contribution is 7.99. The van der Waals surface area contributed by atoms with Gasteiger partial charge in [-0.05, 0) is 36.4 Å². The zero-order valence-corrected chi connectivity index (χ0v) is 12.0. The highest BCUT2D eigenvalue weighted by Gasteiger charge is 2.05. The van der Waals surface area contributed by atoms with E-state index in [1.807, 2.05) is 30.3 Å².